The molecule has 0 amide bonds. The van der Waals surface area contributed by atoms with Crippen LogP contribution in [0.15, 0.2) is 18.3 Å². The van der Waals surface area contributed by atoms with Gasteiger partial charge in [0.05, 0.1) is 12.3 Å². The molecule has 1 aromatic heterocycles. The van der Waals surface area contributed by atoms with Gasteiger partial charge in [-0.3, -0.25) is 9.88 Å². The molecule has 0 aromatic carbocycles. The smallest absolute Gasteiger partial charge is 0.0853 e. The topological polar surface area (TPSA) is 39.6 Å². The molecule has 4 heteroatoms. The van der Waals surface area contributed by atoms with Crippen molar-refractivity contribution in [1.82, 2.24) is 9.88 Å². The molecule has 0 aliphatic carbocycles. The van der Waals surface area contributed by atoms with Crippen LogP contribution in [0.4, 0.5) is 5.69 Å². The zero-order chi connectivity index (χ0) is 12.5. The summed E-state index contributed by atoms with van der Waals surface area (Å²) in [5.74, 6) is 0. The van der Waals surface area contributed by atoms with Crippen LogP contribution in [0.1, 0.15) is 19.5 Å². The summed E-state index contributed by atoms with van der Waals surface area (Å²) in [6.07, 6.45) is 1.77. The summed E-state index contributed by atoms with van der Waals surface area (Å²) < 4.78 is 0. The molecule has 0 atom stereocenters. The lowest BCUT2D eigenvalue weighted by Gasteiger charge is -2.46. The van der Waals surface area contributed by atoms with Crippen molar-refractivity contribution in [3.05, 3.63) is 24.0 Å². The summed E-state index contributed by atoms with van der Waals surface area (Å²) in [6, 6.07) is 3.99. The normalized spacial score (nSPS) is 20.6. The van der Waals surface area contributed by atoms with E-state index in [2.05, 4.69) is 35.7 Å². The van der Waals surface area contributed by atoms with Gasteiger partial charge in [0.2, 0.25) is 0 Å². The van der Waals surface area contributed by atoms with Gasteiger partial charge >= 0.3 is 0 Å². The van der Waals surface area contributed by atoms with Gasteiger partial charge in [-0.2, -0.15) is 0 Å². The standard InChI is InChI=1S/C13H21N3O/c1-13(2)10-16(7-6-15(13)3)12-4-5-14-11(8-12)9-17/h4-5,8,17H,6-7,9-10H2,1-3H3. The Balaban J connectivity index is 2.17. The molecule has 0 unspecified atom stereocenters. The Morgan fingerprint density at radius 1 is 1.41 bits per heavy atom. The Kier molecular flexibility index (Phi) is 3.35. The van der Waals surface area contributed by atoms with Crippen LogP contribution in [0.3, 0.4) is 0 Å². The molecule has 4 nitrogen and oxygen atoms in total. The van der Waals surface area contributed by atoms with Gasteiger partial charge in [-0.25, -0.2) is 0 Å². The molecule has 2 rings (SSSR count). The third-order valence-corrected chi connectivity index (χ3v) is 3.64. The lowest BCUT2D eigenvalue weighted by molar-refractivity contribution is 0.139. The molecular formula is C13H21N3O. The highest BCUT2D eigenvalue weighted by atomic mass is 16.3. The first kappa shape index (κ1) is 12.3. The number of piperazine rings is 1. The van der Waals surface area contributed by atoms with Crippen LogP contribution >= 0.6 is 0 Å². The number of nitrogens with zero attached hydrogens (tertiary/aromatic N) is 3. The predicted molar refractivity (Wildman–Crippen MR) is 69.1 cm³/mol. The maximum Gasteiger partial charge on any atom is 0.0853 e. The van der Waals surface area contributed by atoms with E-state index in [1.807, 2.05) is 12.1 Å². The van der Waals surface area contributed by atoms with E-state index in [1.54, 1.807) is 6.20 Å². The molecule has 17 heavy (non-hydrogen) atoms. The lowest BCUT2D eigenvalue weighted by Crippen LogP contribution is -2.57. The van der Waals surface area contributed by atoms with Crippen LogP contribution in [-0.2, 0) is 6.61 Å². The average molecular weight is 235 g/mol. The van der Waals surface area contributed by atoms with Crippen molar-refractivity contribution in [2.45, 2.75) is 26.0 Å². The van der Waals surface area contributed by atoms with E-state index in [0.29, 0.717) is 0 Å². The van der Waals surface area contributed by atoms with Crippen LogP contribution in [0.5, 0.6) is 0 Å². The fourth-order valence-electron chi connectivity index (χ4n) is 2.21. The lowest BCUT2D eigenvalue weighted by atomic mass is 9.99. The first-order chi connectivity index (χ1) is 8.03. The van der Waals surface area contributed by atoms with Gasteiger partial charge < -0.3 is 10.0 Å². The van der Waals surface area contributed by atoms with Crippen LogP contribution < -0.4 is 4.90 Å². The second-order valence-electron chi connectivity index (χ2n) is 5.32. The quantitative estimate of drug-likeness (QED) is 0.833. The van der Waals surface area contributed by atoms with E-state index in [1.165, 1.54) is 0 Å². The van der Waals surface area contributed by atoms with Gasteiger partial charge in [0, 0.05) is 37.1 Å². The number of likely N-dealkylation sites (N-methyl/N-ethyl adjacent to an activating group) is 1. The maximum absolute atomic E-state index is 9.12. The fourth-order valence-corrected chi connectivity index (χ4v) is 2.21. The second kappa shape index (κ2) is 4.63. The van der Waals surface area contributed by atoms with Crippen molar-refractivity contribution < 1.29 is 5.11 Å². The van der Waals surface area contributed by atoms with Crippen molar-refractivity contribution in [2.24, 2.45) is 0 Å². The monoisotopic (exact) mass is 235 g/mol. The number of anilines is 1. The molecule has 94 valence electrons. The molecule has 0 radical (unpaired) electrons. The number of aromatic nitrogens is 1. The zero-order valence-corrected chi connectivity index (χ0v) is 10.8. The minimum absolute atomic E-state index is 0.00494. The van der Waals surface area contributed by atoms with E-state index < -0.39 is 0 Å². The van der Waals surface area contributed by atoms with E-state index in [-0.39, 0.29) is 12.1 Å². The highest BCUT2D eigenvalue weighted by Crippen LogP contribution is 2.24. The Hall–Kier alpha value is -1.13. The first-order valence-electron chi connectivity index (χ1n) is 6.05. The molecule has 1 aromatic rings. The van der Waals surface area contributed by atoms with Crippen molar-refractivity contribution >= 4 is 5.69 Å². The number of rotatable bonds is 2. The van der Waals surface area contributed by atoms with E-state index in [4.69, 9.17) is 5.11 Å². The summed E-state index contributed by atoms with van der Waals surface area (Å²) in [5.41, 5.74) is 2.07. The molecule has 0 spiro atoms. The van der Waals surface area contributed by atoms with Crippen LogP contribution in [0, 0.1) is 0 Å². The third kappa shape index (κ3) is 2.58. The summed E-state index contributed by atoms with van der Waals surface area (Å²) in [6.45, 7) is 7.60. The maximum atomic E-state index is 9.12. The number of hydrogen-bond acceptors (Lipinski definition) is 4. The molecule has 1 fully saturated rings. The molecule has 0 bridgehead atoms. The van der Waals surface area contributed by atoms with Crippen LogP contribution in [0.25, 0.3) is 0 Å². The molecule has 1 saturated heterocycles. The molecule has 1 aliphatic heterocycles. The Labute approximate surface area is 103 Å². The number of hydrogen-bond donors (Lipinski definition) is 1. The van der Waals surface area contributed by atoms with Gasteiger partial charge in [0.15, 0.2) is 0 Å². The highest BCUT2D eigenvalue weighted by Gasteiger charge is 2.31. The SMILES string of the molecule is CN1CCN(c2ccnc(CO)c2)CC1(C)C. The van der Waals surface area contributed by atoms with E-state index >= 15 is 0 Å². The molecule has 0 saturated carbocycles. The number of aliphatic hydroxyl groups is 1. The number of pyridine rings is 1. The van der Waals surface area contributed by atoms with Crippen molar-refractivity contribution in [3.8, 4) is 0 Å². The predicted octanol–water partition coefficient (Wildman–Crippen LogP) is 1.10. The minimum Gasteiger partial charge on any atom is -0.390 e. The summed E-state index contributed by atoms with van der Waals surface area (Å²) >= 11 is 0. The molecular weight excluding hydrogens is 214 g/mol. The Bertz CT molecular complexity index is 392. The zero-order valence-electron chi connectivity index (χ0n) is 10.8. The van der Waals surface area contributed by atoms with Crippen molar-refractivity contribution in [1.29, 1.82) is 0 Å². The van der Waals surface area contributed by atoms with Gasteiger partial charge in [0.25, 0.3) is 0 Å². The summed E-state index contributed by atoms with van der Waals surface area (Å²) in [7, 11) is 2.17. The first-order valence-corrected chi connectivity index (χ1v) is 6.05. The summed E-state index contributed by atoms with van der Waals surface area (Å²) in [5, 5.41) is 9.12. The van der Waals surface area contributed by atoms with E-state index in [0.717, 1.165) is 31.0 Å². The highest BCUT2D eigenvalue weighted by molar-refractivity contribution is 5.47. The van der Waals surface area contributed by atoms with Crippen LogP contribution in [0.2, 0.25) is 0 Å². The Morgan fingerprint density at radius 2 is 2.18 bits per heavy atom. The molecule has 1 aliphatic rings. The molecule has 1 N–H and O–H groups in total. The van der Waals surface area contributed by atoms with Crippen molar-refractivity contribution in [3.63, 3.8) is 0 Å². The van der Waals surface area contributed by atoms with Gasteiger partial charge in [-0.15, -0.1) is 0 Å². The fraction of sp³-hybridized carbons (Fsp3) is 0.615. The Morgan fingerprint density at radius 3 is 2.82 bits per heavy atom. The van der Waals surface area contributed by atoms with E-state index in [9.17, 15) is 0 Å². The van der Waals surface area contributed by atoms with Gasteiger partial charge in [-0.1, -0.05) is 0 Å². The second-order valence-corrected chi connectivity index (χ2v) is 5.32. The average Bonchev–Trinajstić information content (AvgIpc) is 2.32. The molecule has 2 heterocycles. The summed E-state index contributed by atoms with van der Waals surface area (Å²) in [4.78, 5) is 8.87. The van der Waals surface area contributed by atoms with Gasteiger partial charge in [-0.05, 0) is 33.0 Å². The largest absolute Gasteiger partial charge is 0.390 e. The van der Waals surface area contributed by atoms with Gasteiger partial charge in [0.1, 0.15) is 0 Å². The van der Waals surface area contributed by atoms with Crippen LogP contribution in [-0.4, -0.2) is 47.2 Å². The van der Waals surface area contributed by atoms with Crippen molar-refractivity contribution in [2.75, 3.05) is 31.6 Å². The third-order valence-electron chi connectivity index (χ3n) is 3.64. The minimum atomic E-state index is 0.00494. The number of aliphatic hydroxyl groups excluding tert-OH is 1.